The van der Waals surface area contributed by atoms with E-state index < -0.39 is 0 Å². The largest absolute Gasteiger partial charge is 0.390 e. The molecule has 0 aromatic carbocycles. The molecule has 0 aliphatic carbocycles. The normalized spacial score (nSPS) is 10.6. The third-order valence-electron chi connectivity index (χ3n) is 2.26. The molecule has 0 fully saturated rings. The zero-order valence-corrected chi connectivity index (χ0v) is 8.70. The Balaban J connectivity index is 1.98. The van der Waals surface area contributed by atoms with E-state index in [1.165, 1.54) is 4.88 Å². The zero-order chi connectivity index (χ0) is 9.80. The van der Waals surface area contributed by atoms with Crippen LogP contribution in [0.5, 0.6) is 0 Å². The van der Waals surface area contributed by atoms with Gasteiger partial charge in [0.25, 0.3) is 0 Å². The Bertz CT molecular complexity index is 378. The molecule has 0 saturated heterocycles. The molecule has 1 N–H and O–H groups in total. The van der Waals surface area contributed by atoms with Crippen LogP contribution in [0.2, 0.25) is 0 Å². The van der Waals surface area contributed by atoms with Crippen LogP contribution in [-0.4, -0.2) is 9.67 Å². The van der Waals surface area contributed by atoms with Crippen LogP contribution in [0.15, 0.2) is 35.8 Å². The molecule has 0 aliphatic heterocycles. The second kappa shape index (κ2) is 4.44. The minimum absolute atomic E-state index is 0.122. The van der Waals surface area contributed by atoms with Crippen molar-refractivity contribution in [3.05, 3.63) is 46.4 Å². The maximum Gasteiger partial charge on any atom is 0.0832 e. The van der Waals surface area contributed by atoms with Crippen molar-refractivity contribution in [1.82, 2.24) is 4.57 Å². The van der Waals surface area contributed by atoms with Gasteiger partial charge in [0.2, 0.25) is 0 Å². The Labute approximate surface area is 87.4 Å². The average molecular weight is 207 g/mol. The minimum atomic E-state index is 0.122. The Hall–Kier alpha value is -1.06. The Morgan fingerprint density at radius 1 is 1.29 bits per heavy atom. The fourth-order valence-corrected chi connectivity index (χ4v) is 2.19. The van der Waals surface area contributed by atoms with Crippen LogP contribution < -0.4 is 0 Å². The summed E-state index contributed by atoms with van der Waals surface area (Å²) < 4.78 is 2.10. The van der Waals surface area contributed by atoms with Crippen LogP contribution >= 0.6 is 11.3 Å². The summed E-state index contributed by atoms with van der Waals surface area (Å²) in [4.78, 5) is 1.39. The van der Waals surface area contributed by atoms with E-state index in [1.807, 2.05) is 18.3 Å². The maximum absolute atomic E-state index is 9.05. The molecule has 2 nitrogen and oxygen atoms in total. The third kappa shape index (κ3) is 2.05. The second-order valence-electron chi connectivity index (χ2n) is 3.18. The Morgan fingerprint density at radius 3 is 2.93 bits per heavy atom. The molecule has 0 atom stereocenters. The van der Waals surface area contributed by atoms with Gasteiger partial charge in [0, 0.05) is 23.3 Å². The molecule has 0 unspecified atom stereocenters. The van der Waals surface area contributed by atoms with Gasteiger partial charge >= 0.3 is 0 Å². The number of aryl methyl sites for hydroxylation is 2. The number of aromatic nitrogens is 1. The van der Waals surface area contributed by atoms with Crippen molar-refractivity contribution in [3.8, 4) is 0 Å². The van der Waals surface area contributed by atoms with E-state index in [2.05, 4.69) is 22.1 Å². The smallest absolute Gasteiger partial charge is 0.0832 e. The first-order valence-corrected chi connectivity index (χ1v) is 5.55. The van der Waals surface area contributed by atoms with Crippen molar-refractivity contribution in [2.45, 2.75) is 19.6 Å². The predicted molar refractivity (Wildman–Crippen MR) is 58.4 cm³/mol. The zero-order valence-electron chi connectivity index (χ0n) is 7.89. The number of thiophene rings is 1. The molecule has 2 heterocycles. The summed E-state index contributed by atoms with van der Waals surface area (Å²) in [5, 5.41) is 11.1. The molecule has 3 heteroatoms. The maximum atomic E-state index is 9.05. The summed E-state index contributed by atoms with van der Waals surface area (Å²) in [5.74, 6) is 0. The first-order valence-electron chi connectivity index (χ1n) is 4.67. The van der Waals surface area contributed by atoms with E-state index in [4.69, 9.17) is 5.11 Å². The molecule has 0 spiro atoms. The van der Waals surface area contributed by atoms with E-state index in [9.17, 15) is 0 Å². The summed E-state index contributed by atoms with van der Waals surface area (Å²) in [6, 6.07) is 8.14. The molecule has 2 aromatic rings. The second-order valence-corrected chi connectivity index (χ2v) is 4.21. The van der Waals surface area contributed by atoms with Gasteiger partial charge in [0.15, 0.2) is 0 Å². The van der Waals surface area contributed by atoms with Gasteiger partial charge in [0.1, 0.15) is 0 Å². The van der Waals surface area contributed by atoms with Gasteiger partial charge < -0.3 is 9.67 Å². The van der Waals surface area contributed by atoms with Gasteiger partial charge in [-0.25, -0.2) is 0 Å². The van der Waals surface area contributed by atoms with E-state index >= 15 is 0 Å². The monoisotopic (exact) mass is 207 g/mol. The number of nitrogens with zero attached hydrogens (tertiary/aromatic N) is 1. The van der Waals surface area contributed by atoms with Crippen molar-refractivity contribution in [1.29, 1.82) is 0 Å². The van der Waals surface area contributed by atoms with Crippen molar-refractivity contribution < 1.29 is 5.11 Å². The fourth-order valence-electron chi connectivity index (χ4n) is 1.50. The van der Waals surface area contributed by atoms with Crippen LogP contribution in [0, 0.1) is 0 Å². The van der Waals surface area contributed by atoms with Crippen LogP contribution in [0.4, 0.5) is 0 Å². The van der Waals surface area contributed by atoms with Crippen molar-refractivity contribution in [2.24, 2.45) is 0 Å². The lowest BCUT2D eigenvalue weighted by Crippen LogP contribution is -2.03. The lowest BCUT2D eigenvalue weighted by molar-refractivity contribution is 0.270. The lowest BCUT2D eigenvalue weighted by Gasteiger charge is -2.05. The van der Waals surface area contributed by atoms with Crippen molar-refractivity contribution in [2.75, 3.05) is 0 Å². The summed E-state index contributed by atoms with van der Waals surface area (Å²) >= 11 is 1.78. The molecule has 0 amide bonds. The van der Waals surface area contributed by atoms with E-state index in [1.54, 1.807) is 11.3 Å². The molecule has 14 heavy (non-hydrogen) atoms. The van der Waals surface area contributed by atoms with E-state index in [0.29, 0.717) is 0 Å². The number of rotatable bonds is 4. The molecular weight excluding hydrogens is 194 g/mol. The Morgan fingerprint density at radius 2 is 2.21 bits per heavy atom. The number of hydrogen-bond donors (Lipinski definition) is 1. The minimum Gasteiger partial charge on any atom is -0.390 e. The number of aliphatic hydroxyl groups is 1. The van der Waals surface area contributed by atoms with E-state index in [0.717, 1.165) is 18.7 Å². The summed E-state index contributed by atoms with van der Waals surface area (Å²) in [7, 11) is 0. The predicted octanol–water partition coefficient (Wildman–Crippen LogP) is 2.28. The van der Waals surface area contributed by atoms with Gasteiger partial charge in [-0.15, -0.1) is 11.3 Å². The fraction of sp³-hybridized carbons (Fsp3) is 0.273. The molecule has 2 rings (SSSR count). The first-order chi connectivity index (χ1) is 6.90. The highest BCUT2D eigenvalue weighted by Crippen LogP contribution is 2.11. The summed E-state index contributed by atoms with van der Waals surface area (Å²) in [6.45, 7) is 1.07. The highest BCUT2D eigenvalue weighted by Gasteiger charge is 1.99. The molecule has 0 radical (unpaired) electrons. The summed E-state index contributed by atoms with van der Waals surface area (Å²) in [5.41, 5.74) is 0.988. The first kappa shape index (κ1) is 9.49. The summed E-state index contributed by atoms with van der Waals surface area (Å²) in [6.07, 6.45) is 3.05. The number of aliphatic hydroxyl groups excluding tert-OH is 1. The highest BCUT2D eigenvalue weighted by atomic mass is 32.1. The molecule has 0 saturated carbocycles. The van der Waals surface area contributed by atoms with Gasteiger partial charge in [-0.05, 0) is 30.0 Å². The quantitative estimate of drug-likeness (QED) is 0.817. The van der Waals surface area contributed by atoms with Crippen LogP contribution in [0.25, 0.3) is 0 Å². The highest BCUT2D eigenvalue weighted by molar-refractivity contribution is 7.09. The van der Waals surface area contributed by atoms with Crippen molar-refractivity contribution in [3.63, 3.8) is 0 Å². The van der Waals surface area contributed by atoms with Gasteiger partial charge in [-0.1, -0.05) is 6.07 Å². The average Bonchev–Trinajstić information content (AvgIpc) is 2.85. The van der Waals surface area contributed by atoms with Crippen LogP contribution in [-0.2, 0) is 19.6 Å². The molecular formula is C11H13NOS. The Kier molecular flexibility index (Phi) is 3.01. The molecule has 2 aromatic heterocycles. The molecule has 0 aliphatic rings. The SMILES string of the molecule is OCc1cccn1CCc1cccs1. The van der Waals surface area contributed by atoms with Gasteiger partial charge in [-0.3, -0.25) is 0 Å². The molecule has 74 valence electrons. The van der Waals surface area contributed by atoms with Crippen molar-refractivity contribution >= 4 is 11.3 Å². The van der Waals surface area contributed by atoms with Gasteiger partial charge in [-0.2, -0.15) is 0 Å². The van der Waals surface area contributed by atoms with Crippen LogP contribution in [0.3, 0.4) is 0 Å². The van der Waals surface area contributed by atoms with Crippen LogP contribution in [0.1, 0.15) is 10.6 Å². The van der Waals surface area contributed by atoms with E-state index in [-0.39, 0.29) is 6.61 Å². The number of hydrogen-bond acceptors (Lipinski definition) is 2. The van der Waals surface area contributed by atoms with Gasteiger partial charge in [0.05, 0.1) is 6.61 Å². The molecule has 0 bridgehead atoms. The topological polar surface area (TPSA) is 25.2 Å². The third-order valence-corrected chi connectivity index (χ3v) is 3.20. The standard InChI is InChI=1S/C11H13NOS/c13-9-10-3-1-6-12(10)7-5-11-4-2-8-14-11/h1-4,6,8,13H,5,7,9H2. The lowest BCUT2D eigenvalue weighted by atomic mass is 10.3.